The van der Waals surface area contributed by atoms with Crippen LogP contribution < -0.4 is 11.1 Å². The number of aromatic nitrogens is 2. The zero-order valence-corrected chi connectivity index (χ0v) is 11.0. The van der Waals surface area contributed by atoms with Gasteiger partial charge in [-0.15, -0.1) is 5.10 Å². The lowest BCUT2D eigenvalue weighted by molar-refractivity contribution is -0.117. The number of amides is 1. The Bertz CT molecular complexity index is 461. The number of anilines is 1. The van der Waals surface area contributed by atoms with Crippen LogP contribution in [0, 0.1) is 0 Å². The molecular weight excluding hydrogens is 244 g/mol. The van der Waals surface area contributed by atoms with Crippen LogP contribution in [-0.4, -0.2) is 21.6 Å². The lowest BCUT2D eigenvalue weighted by atomic mass is 9.80. The van der Waals surface area contributed by atoms with Gasteiger partial charge in [-0.1, -0.05) is 24.4 Å². The van der Waals surface area contributed by atoms with Gasteiger partial charge in [0, 0.05) is 17.9 Å². The molecule has 3 N–H and O–H groups in total. The molecule has 0 radical (unpaired) electrons. The average Bonchev–Trinajstić information content (AvgIpc) is 3.11. The molecule has 104 valence electrons. The summed E-state index contributed by atoms with van der Waals surface area (Å²) in [5.74, 6) is 0.906. The Kier molecular flexibility index (Phi) is 3.26. The van der Waals surface area contributed by atoms with Gasteiger partial charge in [0.25, 0.3) is 0 Å². The largest absolute Gasteiger partial charge is 0.408 e. The number of nitrogens with zero attached hydrogens (tertiary/aromatic N) is 2. The van der Waals surface area contributed by atoms with E-state index in [1.807, 2.05) is 0 Å². The van der Waals surface area contributed by atoms with E-state index in [0.717, 1.165) is 38.5 Å². The average molecular weight is 264 g/mol. The highest BCUT2D eigenvalue weighted by atomic mass is 16.4. The topological polar surface area (TPSA) is 94.0 Å². The van der Waals surface area contributed by atoms with E-state index < -0.39 is 0 Å². The van der Waals surface area contributed by atoms with Crippen molar-refractivity contribution in [3.8, 4) is 0 Å². The maximum atomic E-state index is 12.0. The molecule has 1 aromatic rings. The molecule has 0 aliphatic heterocycles. The van der Waals surface area contributed by atoms with Gasteiger partial charge in [0.2, 0.25) is 11.8 Å². The van der Waals surface area contributed by atoms with Crippen molar-refractivity contribution in [1.82, 2.24) is 10.2 Å². The van der Waals surface area contributed by atoms with Crippen molar-refractivity contribution < 1.29 is 9.21 Å². The maximum Gasteiger partial charge on any atom is 0.322 e. The Morgan fingerprint density at radius 2 is 2.05 bits per heavy atom. The molecular formula is C13H20N4O2. The van der Waals surface area contributed by atoms with E-state index in [2.05, 4.69) is 15.5 Å². The number of carbonyl (C=O) groups is 1. The summed E-state index contributed by atoms with van der Waals surface area (Å²) in [6, 6.07) is 0.200. The fourth-order valence-electron chi connectivity index (χ4n) is 2.70. The third-order valence-corrected chi connectivity index (χ3v) is 3.98. The SMILES string of the molecule is NC1(CC(=O)Nc2nnc(C3CC3)o2)CCCCC1. The normalized spacial score (nSPS) is 22.2. The summed E-state index contributed by atoms with van der Waals surface area (Å²) in [4.78, 5) is 12.0. The Morgan fingerprint density at radius 1 is 1.32 bits per heavy atom. The van der Waals surface area contributed by atoms with Gasteiger partial charge in [-0.3, -0.25) is 10.1 Å². The number of carbonyl (C=O) groups excluding carboxylic acids is 1. The summed E-state index contributed by atoms with van der Waals surface area (Å²) in [6.45, 7) is 0. The summed E-state index contributed by atoms with van der Waals surface area (Å²) < 4.78 is 5.41. The number of nitrogens with one attached hydrogen (secondary N) is 1. The van der Waals surface area contributed by atoms with Crippen molar-refractivity contribution in [2.45, 2.75) is 62.8 Å². The molecule has 2 saturated carbocycles. The zero-order valence-electron chi connectivity index (χ0n) is 11.0. The molecule has 6 heteroatoms. The van der Waals surface area contributed by atoms with Gasteiger partial charge in [-0.25, -0.2) is 0 Å². The van der Waals surface area contributed by atoms with Crippen LogP contribution in [0.2, 0.25) is 0 Å². The highest BCUT2D eigenvalue weighted by Gasteiger charge is 2.32. The second-order valence-corrected chi connectivity index (χ2v) is 5.87. The number of hydrogen-bond acceptors (Lipinski definition) is 5. The first-order valence-electron chi connectivity index (χ1n) is 7.07. The fraction of sp³-hybridized carbons (Fsp3) is 0.769. The lowest BCUT2D eigenvalue weighted by Crippen LogP contribution is -2.44. The van der Waals surface area contributed by atoms with Crippen molar-refractivity contribution in [2.24, 2.45) is 5.73 Å². The summed E-state index contributed by atoms with van der Waals surface area (Å²) in [7, 11) is 0. The van der Waals surface area contributed by atoms with Crippen LogP contribution in [0.25, 0.3) is 0 Å². The first-order chi connectivity index (χ1) is 9.15. The molecule has 19 heavy (non-hydrogen) atoms. The van der Waals surface area contributed by atoms with Crippen molar-refractivity contribution in [3.05, 3.63) is 5.89 Å². The minimum atomic E-state index is -0.359. The van der Waals surface area contributed by atoms with Gasteiger partial charge in [0.1, 0.15) is 0 Å². The Morgan fingerprint density at radius 3 is 2.74 bits per heavy atom. The lowest BCUT2D eigenvalue weighted by Gasteiger charge is -2.32. The standard InChI is InChI=1S/C13H20N4O2/c14-13(6-2-1-3-7-13)8-10(18)15-12-17-16-11(19-12)9-4-5-9/h9H,1-8,14H2,(H,15,17,18). The summed E-state index contributed by atoms with van der Waals surface area (Å²) in [5, 5.41) is 10.4. The van der Waals surface area contributed by atoms with Crippen LogP contribution in [0.5, 0.6) is 0 Å². The van der Waals surface area contributed by atoms with E-state index in [4.69, 9.17) is 10.2 Å². The van der Waals surface area contributed by atoms with Crippen molar-refractivity contribution in [3.63, 3.8) is 0 Å². The van der Waals surface area contributed by atoms with Gasteiger partial charge in [0.05, 0.1) is 0 Å². The molecule has 0 spiro atoms. The van der Waals surface area contributed by atoms with Gasteiger partial charge in [-0.2, -0.15) is 0 Å². The third kappa shape index (κ3) is 3.12. The highest BCUT2D eigenvalue weighted by molar-refractivity contribution is 5.89. The zero-order chi connectivity index (χ0) is 13.3. The van der Waals surface area contributed by atoms with Crippen LogP contribution in [0.3, 0.4) is 0 Å². The van der Waals surface area contributed by atoms with Crippen LogP contribution in [0.4, 0.5) is 6.01 Å². The molecule has 2 aliphatic rings. The van der Waals surface area contributed by atoms with E-state index in [1.54, 1.807) is 0 Å². The molecule has 1 heterocycles. The maximum absolute atomic E-state index is 12.0. The first kappa shape index (κ1) is 12.6. The molecule has 2 aliphatic carbocycles. The van der Waals surface area contributed by atoms with E-state index in [9.17, 15) is 4.79 Å². The van der Waals surface area contributed by atoms with Gasteiger partial charge >= 0.3 is 6.01 Å². The van der Waals surface area contributed by atoms with Crippen LogP contribution in [-0.2, 0) is 4.79 Å². The summed E-state index contributed by atoms with van der Waals surface area (Å²) in [5.41, 5.74) is 5.89. The molecule has 1 aromatic heterocycles. The van der Waals surface area contributed by atoms with E-state index in [0.29, 0.717) is 18.2 Å². The van der Waals surface area contributed by atoms with Crippen LogP contribution in [0.1, 0.15) is 63.2 Å². The van der Waals surface area contributed by atoms with E-state index >= 15 is 0 Å². The van der Waals surface area contributed by atoms with Gasteiger partial charge < -0.3 is 10.2 Å². The minimum Gasteiger partial charge on any atom is -0.408 e. The van der Waals surface area contributed by atoms with Crippen molar-refractivity contribution in [1.29, 1.82) is 0 Å². The van der Waals surface area contributed by atoms with Gasteiger partial charge in [-0.05, 0) is 25.7 Å². The molecule has 0 aromatic carbocycles. The number of rotatable bonds is 4. The van der Waals surface area contributed by atoms with E-state index in [1.165, 1.54) is 6.42 Å². The molecule has 6 nitrogen and oxygen atoms in total. The Balaban J connectivity index is 1.54. The van der Waals surface area contributed by atoms with Crippen LogP contribution >= 0.6 is 0 Å². The predicted octanol–water partition coefficient (Wildman–Crippen LogP) is 1.94. The van der Waals surface area contributed by atoms with E-state index in [-0.39, 0.29) is 17.5 Å². The first-order valence-corrected chi connectivity index (χ1v) is 7.07. The summed E-state index contributed by atoms with van der Waals surface area (Å²) in [6.07, 6.45) is 7.79. The molecule has 1 amide bonds. The molecule has 3 rings (SSSR count). The summed E-state index contributed by atoms with van der Waals surface area (Å²) >= 11 is 0. The Labute approximate surface area is 112 Å². The quantitative estimate of drug-likeness (QED) is 0.866. The third-order valence-electron chi connectivity index (χ3n) is 3.98. The molecule has 0 unspecified atom stereocenters. The fourth-order valence-corrected chi connectivity index (χ4v) is 2.70. The van der Waals surface area contributed by atoms with Crippen LogP contribution in [0.15, 0.2) is 4.42 Å². The molecule has 0 bridgehead atoms. The second kappa shape index (κ2) is 4.92. The van der Waals surface area contributed by atoms with Crippen molar-refractivity contribution >= 4 is 11.9 Å². The minimum absolute atomic E-state index is 0.129. The monoisotopic (exact) mass is 264 g/mol. The second-order valence-electron chi connectivity index (χ2n) is 5.87. The smallest absolute Gasteiger partial charge is 0.322 e. The molecule has 0 atom stereocenters. The predicted molar refractivity (Wildman–Crippen MR) is 69.5 cm³/mol. The molecule has 0 saturated heterocycles. The molecule has 2 fully saturated rings. The van der Waals surface area contributed by atoms with Crippen molar-refractivity contribution in [2.75, 3.05) is 5.32 Å². The highest BCUT2D eigenvalue weighted by Crippen LogP contribution is 2.39. The number of nitrogens with two attached hydrogens (primary N) is 1. The van der Waals surface area contributed by atoms with Gasteiger partial charge in [0.15, 0.2) is 0 Å². The number of hydrogen-bond donors (Lipinski definition) is 2. The Hall–Kier alpha value is -1.43.